The lowest BCUT2D eigenvalue weighted by molar-refractivity contribution is 0.0452. The average Bonchev–Trinajstić information content (AvgIpc) is 3.08. The zero-order valence-corrected chi connectivity index (χ0v) is 26.1. The number of hydrogen-bond donors (Lipinski definition) is 2. The van der Waals surface area contributed by atoms with Crippen LogP contribution in [0.15, 0.2) is 72.8 Å². The normalized spacial score (nSPS) is 9.65. The summed E-state index contributed by atoms with van der Waals surface area (Å²) in [6.45, 7) is 4.78. The van der Waals surface area contributed by atoms with Crippen molar-refractivity contribution in [2.24, 2.45) is 0 Å². The van der Waals surface area contributed by atoms with E-state index >= 15 is 0 Å². The highest BCUT2D eigenvalue weighted by Gasteiger charge is 2.19. The maximum Gasteiger partial charge on any atom is 0.339 e. The van der Waals surface area contributed by atoms with Crippen LogP contribution in [0.1, 0.15) is 102 Å². The summed E-state index contributed by atoms with van der Waals surface area (Å²) in [5.41, 5.74) is 0.578. The third-order valence-electron chi connectivity index (χ3n) is 5.95. The van der Waals surface area contributed by atoms with Gasteiger partial charge in [0.1, 0.15) is 0 Å². The number of hydrogen-bond acceptors (Lipinski definition) is 10. The maximum atomic E-state index is 11.9. The molecule has 0 aliphatic carbocycles. The predicted molar refractivity (Wildman–Crippen MR) is 166 cm³/mol. The average molecular weight is 639 g/mol. The van der Waals surface area contributed by atoms with Crippen molar-refractivity contribution in [3.05, 3.63) is 106 Å². The Morgan fingerprint density at radius 3 is 0.978 bits per heavy atom. The van der Waals surface area contributed by atoms with E-state index < -0.39 is 35.8 Å². The summed E-state index contributed by atoms with van der Waals surface area (Å²) < 4.78 is 19.3. The van der Waals surface area contributed by atoms with E-state index in [-0.39, 0.29) is 33.4 Å². The van der Waals surface area contributed by atoms with Crippen molar-refractivity contribution in [1.82, 2.24) is 0 Å². The van der Waals surface area contributed by atoms with Crippen molar-refractivity contribution < 1.29 is 57.9 Å². The Hall–Kier alpha value is -5.52. The lowest BCUT2D eigenvalue weighted by Crippen LogP contribution is -2.14. The number of benzene rings is 3. The van der Waals surface area contributed by atoms with Crippen LogP contribution < -0.4 is 0 Å². The van der Waals surface area contributed by atoms with E-state index in [1.54, 1.807) is 36.4 Å². The van der Waals surface area contributed by atoms with Gasteiger partial charge in [0.2, 0.25) is 0 Å². The second-order valence-corrected chi connectivity index (χ2v) is 9.21. The topological polar surface area (TPSA) is 180 Å². The molecule has 2 N–H and O–H groups in total. The van der Waals surface area contributed by atoms with Crippen LogP contribution in [0.25, 0.3) is 0 Å². The highest BCUT2D eigenvalue weighted by Crippen LogP contribution is 2.13. The Balaban J connectivity index is 0.000000359. The second kappa shape index (κ2) is 21.2. The van der Waals surface area contributed by atoms with Crippen molar-refractivity contribution in [3.8, 4) is 0 Å². The molecule has 0 aliphatic heterocycles. The van der Waals surface area contributed by atoms with Crippen molar-refractivity contribution in [2.45, 2.75) is 39.5 Å². The van der Waals surface area contributed by atoms with E-state index in [0.717, 1.165) is 25.7 Å². The van der Waals surface area contributed by atoms with Crippen molar-refractivity contribution in [1.29, 1.82) is 0 Å². The molecule has 3 aromatic rings. The van der Waals surface area contributed by atoms with Gasteiger partial charge in [-0.05, 0) is 49.2 Å². The van der Waals surface area contributed by atoms with Crippen LogP contribution in [-0.4, -0.2) is 73.5 Å². The number of carboxylic acid groups (broad SMARTS) is 2. The number of ether oxygens (including phenoxy) is 4. The Morgan fingerprint density at radius 2 is 0.739 bits per heavy atom. The number of methoxy groups -OCH3 is 2. The number of rotatable bonds is 12. The molecule has 3 aromatic carbocycles. The summed E-state index contributed by atoms with van der Waals surface area (Å²) in [7, 11) is 2.52. The molecular formula is C34H38O12. The molecule has 246 valence electrons. The van der Waals surface area contributed by atoms with Crippen molar-refractivity contribution >= 4 is 35.8 Å². The summed E-state index contributed by atoms with van der Waals surface area (Å²) in [4.78, 5) is 67.3. The molecule has 0 bridgehead atoms. The van der Waals surface area contributed by atoms with Gasteiger partial charge in [-0.25, -0.2) is 28.8 Å². The number of esters is 4. The first-order chi connectivity index (χ1) is 22.0. The van der Waals surface area contributed by atoms with E-state index in [4.69, 9.17) is 19.7 Å². The first-order valence-electron chi connectivity index (χ1n) is 14.3. The molecule has 0 aliphatic rings. The summed E-state index contributed by atoms with van der Waals surface area (Å²) in [6, 6.07) is 18.4. The van der Waals surface area contributed by atoms with Gasteiger partial charge in [-0.15, -0.1) is 0 Å². The number of carboxylic acids is 2. The minimum absolute atomic E-state index is 0.190. The summed E-state index contributed by atoms with van der Waals surface area (Å²) in [5, 5.41) is 17.1. The number of carbonyl (C=O) groups excluding carboxylic acids is 4. The summed E-state index contributed by atoms with van der Waals surface area (Å²) >= 11 is 0. The lowest BCUT2D eigenvalue weighted by atomic mass is 10.1. The van der Waals surface area contributed by atoms with Gasteiger partial charge in [-0.2, -0.15) is 0 Å². The molecular weight excluding hydrogens is 600 g/mol. The van der Waals surface area contributed by atoms with Gasteiger partial charge < -0.3 is 29.2 Å². The van der Waals surface area contributed by atoms with Crippen LogP contribution in [0.2, 0.25) is 0 Å². The van der Waals surface area contributed by atoms with Crippen LogP contribution in [0.3, 0.4) is 0 Å². The minimum Gasteiger partial charge on any atom is -0.478 e. The molecule has 0 heterocycles. The molecule has 0 atom stereocenters. The molecule has 3 rings (SSSR count). The van der Waals surface area contributed by atoms with Crippen LogP contribution in [0.5, 0.6) is 0 Å². The minimum atomic E-state index is -1.23. The quantitative estimate of drug-likeness (QED) is 0.136. The highest BCUT2D eigenvalue weighted by molar-refractivity contribution is 6.04. The Morgan fingerprint density at radius 1 is 0.478 bits per heavy atom. The van der Waals surface area contributed by atoms with Gasteiger partial charge in [0.15, 0.2) is 0 Å². The predicted octanol–water partition coefficient (Wildman–Crippen LogP) is 5.94. The molecule has 12 heteroatoms. The highest BCUT2D eigenvalue weighted by atomic mass is 16.5. The molecule has 46 heavy (non-hydrogen) atoms. The fraction of sp³-hybridized carbons (Fsp3) is 0.294. The molecule has 0 aromatic heterocycles. The van der Waals surface area contributed by atoms with Crippen molar-refractivity contribution in [3.63, 3.8) is 0 Å². The monoisotopic (exact) mass is 638 g/mol. The Kier molecular flexibility index (Phi) is 17.8. The van der Waals surface area contributed by atoms with Gasteiger partial charge in [0.05, 0.1) is 60.8 Å². The van der Waals surface area contributed by atoms with E-state index in [1.807, 2.05) is 13.8 Å². The van der Waals surface area contributed by atoms with E-state index in [1.165, 1.54) is 50.6 Å². The summed E-state index contributed by atoms with van der Waals surface area (Å²) in [5.74, 6) is -4.50. The molecule has 0 amide bonds. The second-order valence-electron chi connectivity index (χ2n) is 9.21. The number of aromatic carboxylic acids is 2. The fourth-order valence-corrected chi connectivity index (χ4v) is 3.53. The van der Waals surface area contributed by atoms with Gasteiger partial charge in [-0.1, -0.05) is 63.1 Å². The largest absolute Gasteiger partial charge is 0.478 e. The van der Waals surface area contributed by atoms with E-state index in [2.05, 4.69) is 9.47 Å². The molecule has 0 radical (unpaired) electrons. The molecule has 0 fully saturated rings. The zero-order valence-electron chi connectivity index (χ0n) is 26.1. The van der Waals surface area contributed by atoms with Crippen LogP contribution in [0, 0.1) is 0 Å². The van der Waals surface area contributed by atoms with Gasteiger partial charge in [0.25, 0.3) is 0 Å². The Labute approximate surface area is 266 Å². The van der Waals surface area contributed by atoms with E-state index in [9.17, 15) is 28.8 Å². The van der Waals surface area contributed by atoms with Gasteiger partial charge in [0, 0.05) is 0 Å². The molecule has 0 saturated carbocycles. The van der Waals surface area contributed by atoms with Gasteiger partial charge >= 0.3 is 35.8 Å². The van der Waals surface area contributed by atoms with Crippen LogP contribution >= 0.6 is 0 Å². The smallest absolute Gasteiger partial charge is 0.339 e. The fourth-order valence-electron chi connectivity index (χ4n) is 3.53. The lowest BCUT2D eigenvalue weighted by Gasteiger charge is -2.09. The van der Waals surface area contributed by atoms with E-state index in [0.29, 0.717) is 13.2 Å². The SMILES string of the molecule is CCCCOC(=O)c1ccccc1C(=O)OCCCC.COC(=O)c1ccccc1C(=O)OC.O=C(O)c1ccccc1C(=O)O. The summed E-state index contributed by atoms with van der Waals surface area (Å²) in [6.07, 6.45) is 3.53. The third-order valence-corrected chi connectivity index (χ3v) is 5.95. The maximum absolute atomic E-state index is 11.9. The zero-order chi connectivity index (χ0) is 34.5. The molecule has 0 saturated heterocycles. The van der Waals surface area contributed by atoms with Gasteiger partial charge in [-0.3, -0.25) is 0 Å². The van der Waals surface area contributed by atoms with Crippen LogP contribution in [0.4, 0.5) is 0 Å². The van der Waals surface area contributed by atoms with Crippen molar-refractivity contribution in [2.75, 3.05) is 27.4 Å². The number of carbonyl (C=O) groups is 6. The number of unbranched alkanes of at least 4 members (excludes halogenated alkanes) is 2. The first-order valence-corrected chi connectivity index (χ1v) is 14.3. The molecule has 0 spiro atoms. The molecule has 0 unspecified atom stereocenters. The first kappa shape index (κ1) is 38.5. The Bertz CT molecular complexity index is 1370. The molecule has 12 nitrogen and oxygen atoms in total. The standard InChI is InChI=1S/C16H22O4.C10H10O4.C8H6O4/c1-3-5-11-19-15(17)13-9-7-8-10-14(13)16(18)20-12-6-4-2;1-13-9(11)7-5-3-4-6-8(7)10(12)14-2;9-7(10)5-3-1-2-4-6(5)8(11)12/h7-10H,3-6,11-12H2,1-2H3;3-6H,1-2H3;1-4H,(H,9,10)(H,11,12). The third kappa shape index (κ3) is 12.6. The van der Waals surface area contributed by atoms with Crippen LogP contribution in [-0.2, 0) is 18.9 Å².